The van der Waals surface area contributed by atoms with Crippen molar-refractivity contribution in [2.45, 2.75) is 64.3 Å². The van der Waals surface area contributed by atoms with Crippen LogP contribution in [0.3, 0.4) is 0 Å². The van der Waals surface area contributed by atoms with Crippen molar-refractivity contribution >= 4 is 36.4 Å². The second kappa shape index (κ2) is 13.3. The minimum atomic E-state index is -1.11. The van der Waals surface area contributed by atoms with Gasteiger partial charge in [0.25, 0.3) is 0 Å². The highest BCUT2D eigenvalue weighted by molar-refractivity contribution is 7.80. The number of carboxylic acid groups (broad SMARTS) is 2. The van der Waals surface area contributed by atoms with Gasteiger partial charge >= 0.3 is 11.9 Å². The van der Waals surface area contributed by atoms with E-state index in [1.165, 1.54) is 6.92 Å². The fourth-order valence-electron chi connectivity index (χ4n) is 3.72. The molecule has 11 nitrogen and oxygen atoms in total. The van der Waals surface area contributed by atoms with Gasteiger partial charge in [0.2, 0.25) is 5.91 Å². The first-order valence-electron chi connectivity index (χ1n) is 9.76. The summed E-state index contributed by atoms with van der Waals surface area (Å²) in [4.78, 5) is 36.9. The summed E-state index contributed by atoms with van der Waals surface area (Å²) in [5.74, 6) is -3.65. The Bertz CT molecular complexity index is 612. The summed E-state index contributed by atoms with van der Waals surface area (Å²) in [5, 5.41) is 30.7. The van der Waals surface area contributed by atoms with E-state index >= 15 is 0 Å². The van der Waals surface area contributed by atoms with Crippen LogP contribution < -0.4 is 22.5 Å². The Morgan fingerprint density at radius 2 is 1.73 bits per heavy atom. The fraction of sp³-hybridized carbons (Fsp3) is 0.778. The first kappa shape index (κ1) is 27.9. The molecule has 0 aromatic carbocycles. The number of carbonyl (C=O) groups excluding carboxylic acids is 1. The highest BCUT2D eigenvalue weighted by Crippen LogP contribution is 2.39. The van der Waals surface area contributed by atoms with E-state index in [4.69, 9.17) is 22.3 Å². The van der Waals surface area contributed by atoms with Crippen molar-refractivity contribution in [2.24, 2.45) is 39.9 Å². The molecule has 1 rings (SSSR count). The Hall–Kier alpha value is -2.05. The van der Waals surface area contributed by atoms with Crippen LogP contribution in [0, 0.1) is 17.8 Å². The van der Waals surface area contributed by atoms with Crippen LogP contribution in [0.25, 0.3) is 0 Å². The van der Waals surface area contributed by atoms with Crippen molar-refractivity contribution in [2.75, 3.05) is 5.75 Å². The fourth-order valence-corrected chi connectivity index (χ4v) is 3.88. The first-order valence-corrected chi connectivity index (χ1v) is 10.4. The molecule has 1 fully saturated rings. The predicted octanol–water partition coefficient (Wildman–Crippen LogP) is -1.02. The number of aliphatic imine (C=N–C) groups is 1. The second-order valence-corrected chi connectivity index (χ2v) is 7.67. The number of nitrogens with one attached hydrogen (secondary N) is 1. The normalized spacial score (nSPS) is 24.9. The molecule has 1 amide bonds. The van der Waals surface area contributed by atoms with Gasteiger partial charge in [-0.25, -0.2) is 4.99 Å². The summed E-state index contributed by atoms with van der Waals surface area (Å²) in [6.45, 7) is 5.39. The monoisotopic (exact) mass is 449 g/mol. The SMILES string of the molecule is CCC(CC)[C@H](NC(C)=O)[C@@H]1[C@H](O)[C@@H](C(=O)O)C[C@H]1N=C(N)N.NC(CS)C(=O)O. The van der Waals surface area contributed by atoms with Crippen LogP contribution in [-0.4, -0.2) is 69.1 Å². The van der Waals surface area contributed by atoms with Gasteiger partial charge in [-0.2, -0.15) is 12.6 Å². The lowest BCUT2D eigenvalue weighted by atomic mass is 9.80. The molecule has 0 aromatic rings. The van der Waals surface area contributed by atoms with Crippen molar-refractivity contribution < 1.29 is 29.7 Å². The molecule has 1 unspecified atom stereocenters. The maximum Gasteiger partial charge on any atom is 0.321 e. The minimum absolute atomic E-state index is 0.0998. The number of nitrogens with two attached hydrogens (primary N) is 3. The smallest absolute Gasteiger partial charge is 0.321 e. The van der Waals surface area contributed by atoms with Crippen LogP contribution in [-0.2, 0) is 14.4 Å². The predicted molar refractivity (Wildman–Crippen MR) is 116 cm³/mol. The van der Waals surface area contributed by atoms with Gasteiger partial charge < -0.3 is 37.8 Å². The molecule has 6 atom stereocenters. The Balaban J connectivity index is 0.00000103. The van der Waals surface area contributed by atoms with Crippen LogP contribution in [0.5, 0.6) is 0 Å². The summed E-state index contributed by atoms with van der Waals surface area (Å²) in [5.41, 5.74) is 15.9. The standard InChI is InChI=1S/C15H28N4O4.C3H7NO2S/c1-4-8(5-2)12(18-7(3)20)11-10(19-15(16)17)6-9(13(11)21)14(22)23;4-2(1-7)3(5)6/h8-13,21H,4-6H2,1-3H3,(H,18,20)(H,22,23)(H4,16,17,19);2,7H,1,4H2,(H,5,6)/t9-,10+,11+,12-,13+;/m0./s1. The average molecular weight is 450 g/mol. The van der Waals surface area contributed by atoms with Crippen molar-refractivity contribution in [1.29, 1.82) is 0 Å². The number of guanidine groups is 1. The van der Waals surface area contributed by atoms with Gasteiger partial charge in [-0.3, -0.25) is 14.4 Å². The number of carbonyl (C=O) groups is 3. The zero-order valence-electron chi connectivity index (χ0n) is 17.6. The maximum atomic E-state index is 11.6. The Labute approximate surface area is 181 Å². The second-order valence-electron chi connectivity index (χ2n) is 7.30. The highest BCUT2D eigenvalue weighted by Gasteiger charge is 2.50. The molecule has 30 heavy (non-hydrogen) atoms. The number of nitrogens with zero attached hydrogens (tertiary/aromatic N) is 1. The number of aliphatic hydroxyl groups is 1. The van der Waals surface area contributed by atoms with Crippen LogP contribution in [0.4, 0.5) is 0 Å². The Kier molecular flexibility index (Phi) is 12.4. The largest absolute Gasteiger partial charge is 0.481 e. The number of carboxylic acids is 2. The summed E-state index contributed by atoms with van der Waals surface area (Å²) in [7, 11) is 0. The molecule has 12 heteroatoms. The zero-order valence-corrected chi connectivity index (χ0v) is 18.5. The first-order chi connectivity index (χ1) is 13.9. The van der Waals surface area contributed by atoms with E-state index in [1.807, 2.05) is 13.8 Å². The minimum Gasteiger partial charge on any atom is -0.481 e. The lowest BCUT2D eigenvalue weighted by Gasteiger charge is -2.35. The molecule has 1 aliphatic carbocycles. The molecule has 1 saturated carbocycles. The number of rotatable bonds is 9. The number of thiol groups is 1. The van der Waals surface area contributed by atoms with Crippen LogP contribution in [0.15, 0.2) is 4.99 Å². The van der Waals surface area contributed by atoms with Crippen LogP contribution in [0.2, 0.25) is 0 Å². The van der Waals surface area contributed by atoms with E-state index in [-0.39, 0.29) is 36.0 Å². The summed E-state index contributed by atoms with van der Waals surface area (Å²) in [6.07, 6.45) is 0.612. The molecular weight excluding hydrogens is 414 g/mol. The summed E-state index contributed by atoms with van der Waals surface area (Å²) in [6, 6.07) is -1.73. The van der Waals surface area contributed by atoms with Gasteiger partial charge in [-0.1, -0.05) is 26.7 Å². The van der Waals surface area contributed by atoms with Crippen molar-refractivity contribution in [3.8, 4) is 0 Å². The summed E-state index contributed by atoms with van der Waals surface area (Å²) >= 11 is 3.65. The zero-order chi connectivity index (χ0) is 23.6. The molecule has 0 aromatic heterocycles. The third-order valence-electron chi connectivity index (χ3n) is 5.23. The third-order valence-corrected chi connectivity index (χ3v) is 5.63. The molecule has 0 bridgehead atoms. The van der Waals surface area contributed by atoms with Gasteiger partial charge in [0.05, 0.1) is 18.1 Å². The molecule has 0 spiro atoms. The number of aliphatic carboxylic acids is 2. The van der Waals surface area contributed by atoms with E-state index < -0.39 is 42.0 Å². The van der Waals surface area contributed by atoms with Crippen molar-refractivity contribution in [3.05, 3.63) is 0 Å². The number of hydrogen-bond acceptors (Lipinski definition) is 7. The lowest BCUT2D eigenvalue weighted by Crippen LogP contribution is -2.51. The van der Waals surface area contributed by atoms with Gasteiger partial charge in [-0.05, 0) is 12.3 Å². The van der Waals surface area contributed by atoms with Crippen LogP contribution >= 0.6 is 12.6 Å². The topological polar surface area (TPSA) is 214 Å². The van der Waals surface area contributed by atoms with Crippen LogP contribution in [0.1, 0.15) is 40.0 Å². The van der Waals surface area contributed by atoms with Gasteiger partial charge in [0, 0.05) is 24.6 Å². The Morgan fingerprint density at radius 1 is 1.20 bits per heavy atom. The molecule has 0 saturated heterocycles. The van der Waals surface area contributed by atoms with E-state index in [0.29, 0.717) is 0 Å². The molecular formula is C18H35N5O6S. The molecule has 174 valence electrons. The van der Waals surface area contributed by atoms with E-state index in [2.05, 4.69) is 22.9 Å². The van der Waals surface area contributed by atoms with Crippen molar-refractivity contribution in [3.63, 3.8) is 0 Å². The van der Waals surface area contributed by atoms with Gasteiger partial charge in [0.15, 0.2) is 5.96 Å². The van der Waals surface area contributed by atoms with E-state index in [1.54, 1.807) is 0 Å². The quantitative estimate of drug-likeness (QED) is 0.123. The van der Waals surface area contributed by atoms with Gasteiger partial charge in [0.1, 0.15) is 6.04 Å². The third kappa shape index (κ3) is 8.36. The van der Waals surface area contributed by atoms with Gasteiger partial charge in [-0.15, -0.1) is 0 Å². The number of aliphatic hydroxyl groups excluding tert-OH is 1. The molecule has 0 heterocycles. The molecule has 0 aliphatic heterocycles. The molecule has 1 aliphatic rings. The van der Waals surface area contributed by atoms with E-state index in [9.17, 15) is 24.6 Å². The highest BCUT2D eigenvalue weighted by atomic mass is 32.1. The Morgan fingerprint density at radius 3 is 2.03 bits per heavy atom. The number of hydrogen-bond donors (Lipinski definition) is 8. The lowest BCUT2D eigenvalue weighted by molar-refractivity contribution is -0.145. The van der Waals surface area contributed by atoms with E-state index in [0.717, 1.165) is 12.8 Å². The van der Waals surface area contributed by atoms with Crippen molar-refractivity contribution in [1.82, 2.24) is 5.32 Å². The molecule has 0 radical (unpaired) electrons. The maximum absolute atomic E-state index is 11.6. The summed E-state index contributed by atoms with van der Waals surface area (Å²) < 4.78 is 0. The average Bonchev–Trinajstić information content (AvgIpc) is 2.96. The number of amides is 1. The molecule has 10 N–H and O–H groups in total.